The van der Waals surface area contributed by atoms with Crippen LogP contribution in [0.1, 0.15) is 32.3 Å². The Balaban J connectivity index is 0.000000330. The highest BCUT2D eigenvalue weighted by Crippen LogP contribution is 2.21. The van der Waals surface area contributed by atoms with Crippen LogP contribution in [0.15, 0.2) is 54.6 Å². The molecule has 31 heavy (non-hydrogen) atoms. The molecule has 0 radical (unpaired) electrons. The first-order valence-electron chi connectivity index (χ1n) is 11.9. The molecule has 0 N–H and O–H groups in total. The van der Waals surface area contributed by atoms with Gasteiger partial charge in [-0.25, -0.2) is 0 Å². The maximum absolute atomic E-state index is 6.19. The topological polar surface area (TPSA) is 24.9 Å². The second-order valence-corrected chi connectivity index (χ2v) is 10.4. The number of piperidine rings is 1. The van der Waals surface area contributed by atoms with Gasteiger partial charge in [-0.1, -0.05) is 61.5 Å². The number of rotatable bonds is 6. The van der Waals surface area contributed by atoms with Gasteiger partial charge in [0.1, 0.15) is 11.9 Å². The second kappa shape index (κ2) is 13.0. The van der Waals surface area contributed by atoms with E-state index in [-0.39, 0.29) is 0 Å². The average Bonchev–Trinajstić information content (AvgIpc) is 2.78. The van der Waals surface area contributed by atoms with Crippen molar-refractivity contribution in [3.8, 4) is 5.75 Å². The lowest BCUT2D eigenvalue weighted by Gasteiger charge is -2.33. The Hall–Kier alpha value is -1.66. The highest BCUT2D eigenvalue weighted by atomic mass is 28.1. The van der Waals surface area contributed by atoms with E-state index in [2.05, 4.69) is 72.2 Å². The van der Waals surface area contributed by atoms with Gasteiger partial charge >= 0.3 is 0 Å². The summed E-state index contributed by atoms with van der Waals surface area (Å²) in [5.41, 5.74) is 1.36. The van der Waals surface area contributed by atoms with Crippen LogP contribution in [-0.4, -0.2) is 72.1 Å². The zero-order valence-corrected chi connectivity index (χ0v) is 21.6. The summed E-state index contributed by atoms with van der Waals surface area (Å²) in [6.45, 7) is 12.9. The number of nitrogens with zero attached hydrogens (tertiary/aromatic N) is 2. The monoisotopic (exact) mass is 440 g/mol. The molecule has 5 heteroatoms. The van der Waals surface area contributed by atoms with Crippen molar-refractivity contribution >= 4 is 15.4 Å². The van der Waals surface area contributed by atoms with Gasteiger partial charge in [-0.15, -0.1) is 0 Å². The standard InChI is InChI=1S/C20H32N2O2.C6H8Si/c1-17(2)15-21-9-7-20(8-10-21)24-19-5-3-18(4-6-19)16-22-11-13-23-14-12-22;7-6-4-2-1-3-5-6/h3-6,17,20H,7-16H2,1-2H3;1-5H,7H3. The number of hydrogen-bond acceptors (Lipinski definition) is 4. The van der Waals surface area contributed by atoms with E-state index in [9.17, 15) is 0 Å². The zero-order valence-electron chi connectivity index (χ0n) is 19.6. The summed E-state index contributed by atoms with van der Waals surface area (Å²) in [5, 5.41) is 1.46. The largest absolute Gasteiger partial charge is 0.490 e. The molecule has 2 heterocycles. The Morgan fingerprint density at radius 2 is 1.55 bits per heavy atom. The molecule has 2 aromatic carbocycles. The Bertz CT molecular complexity index is 725. The van der Waals surface area contributed by atoms with Crippen molar-refractivity contribution in [1.82, 2.24) is 9.80 Å². The minimum Gasteiger partial charge on any atom is -0.490 e. The number of hydrogen-bond donors (Lipinski definition) is 0. The maximum atomic E-state index is 6.19. The van der Waals surface area contributed by atoms with Crippen LogP contribution in [0.5, 0.6) is 5.75 Å². The molecule has 170 valence electrons. The van der Waals surface area contributed by atoms with Crippen LogP contribution in [0, 0.1) is 5.92 Å². The molecule has 0 aliphatic carbocycles. The summed E-state index contributed by atoms with van der Waals surface area (Å²) in [6.07, 6.45) is 2.66. The molecule has 0 bridgehead atoms. The van der Waals surface area contributed by atoms with Gasteiger partial charge in [0, 0.05) is 49.5 Å². The molecule has 4 rings (SSSR count). The van der Waals surface area contributed by atoms with Gasteiger partial charge in [0.15, 0.2) is 0 Å². The van der Waals surface area contributed by atoms with E-state index in [0.717, 1.165) is 70.4 Å². The molecular weight excluding hydrogens is 400 g/mol. The van der Waals surface area contributed by atoms with Gasteiger partial charge in [0.05, 0.1) is 13.2 Å². The molecule has 0 spiro atoms. The van der Waals surface area contributed by atoms with E-state index in [4.69, 9.17) is 9.47 Å². The van der Waals surface area contributed by atoms with Crippen LogP contribution >= 0.6 is 0 Å². The third-order valence-electron chi connectivity index (χ3n) is 5.83. The number of likely N-dealkylation sites (tertiary alicyclic amines) is 1. The minimum atomic E-state index is 0.374. The Morgan fingerprint density at radius 3 is 2.10 bits per heavy atom. The lowest BCUT2D eigenvalue weighted by molar-refractivity contribution is 0.0341. The highest BCUT2D eigenvalue weighted by molar-refractivity contribution is 6.32. The molecule has 2 fully saturated rings. The summed E-state index contributed by atoms with van der Waals surface area (Å²) >= 11 is 0. The Labute approximate surface area is 192 Å². The van der Waals surface area contributed by atoms with Crippen molar-refractivity contribution in [2.75, 3.05) is 45.9 Å². The van der Waals surface area contributed by atoms with Crippen LogP contribution in [0.2, 0.25) is 0 Å². The van der Waals surface area contributed by atoms with Crippen LogP contribution in [-0.2, 0) is 11.3 Å². The molecule has 0 unspecified atom stereocenters. The Kier molecular flexibility index (Phi) is 10.1. The predicted octanol–water partition coefficient (Wildman–Crippen LogP) is 2.70. The van der Waals surface area contributed by atoms with Crippen molar-refractivity contribution in [3.63, 3.8) is 0 Å². The molecule has 4 nitrogen and oxygen atoms in total. The van der Waals surface area contributed by atoms with Gasteiger partial charge in [-0.3, -0.25) is 4.90 Å². The quantitative estimate of drug-likeness (QED) is 0.645. The summed E-state index contributed by atoms with van der Waals surface area (Å²) < 4.78 is 11.6. The van der Waals surface area contributed by atoms with E-state index >= 15 is 0 Å². The van der Waals surface area contributed by atoms with Crippen molar-refractivity contribution in [1.29, 1.82) is 0 Å². The molecule has 0 amide bonds. The van der Waals surface area contributed by atoms with E-state index < -0.39 is 0 Å². The third-order valence-corrected chi connectivity index (χ3v) is 6.50. The third kappa shape index (κ3) is 9.15. The SMILES string of the molecule is CC(C)CN1CCC(Oc2ccc(CN3CCOCC3)cc2)CC1.[SiH3]c1ccccc1. The molecule has 2 aromatic rings. The van der Waals surface area contributed by atoms with E-state index in [1.54, 1.807) is 0 Å². The van der Waals surface area contributed by atoms with E-state index in [1.807, 2.05) is 6.07 Å². The fraction of sp³-hybridized carbons (Fsp3) is 0.538. The second-order valence-electron chi connectivity index (χ2n) is 9.20. The summed E-state index contributed by atoms with van der Waals surface area (Å²) in [6, 6.07) is 19.2. The normalized spacial score (nSPS) is 18.5. The highest BCUT2D eigenvalue weighted by Gasteiger charge is 2.21. The fourth-order valence-corrected chi connectivity index (χ4v) is 4.53. The molecule has 2 aliphatic heterocycles. The average molecular weight is 441 g/mol. The van der Waals surface area contributed by atoms with E-state index in [1.165, 1.54) is 27.5 Å². The fourth-order valence-electron chi connectivity index (χ4n) is 4.14. The summed E-state index contributed by atoms with van der Waals surface area (Å²) in [5.74, 6) is 1.77. The van der Waals surface area contributed by atoms with Crippen molar-refractivity contribution < 1.29 is 9.47 Å². The van der Waals surface area contributed by atoms with Gasteiger partial charge in [0.25, 0.3) is 0 Å². The minimum absolute atomic E-state index is 0.374. The zero-order chi connectivity index (χ0) is 21.9. The first-order chi connectivity index (χ1) is 15.1. The van der Waals surface area contributed by atoms with E-state index in [0.29, 0.717) is 6.10 Å². The molecule has 2 saturated heterocycles. The lowest BCUT2D eigenvalue weighted by atomic mass is 10.1. The maximum Gasteiger partial charge on any atom is 0.119 e. The molecule has 2 aliphatic rings. The van der Waals surface area contributed by atoms with Gasteiger partial charge in [0.2, 0.25) is 0 Å². The molecule has 0 atom stereocenters. The summed E-state index contributed by atoms with van der Waals surface area (Å²) in [4.78, 5) is 5.01. The smallest absolute Gasteiger partial charge is 0.119 e. The first kappa shape index (κ1) is 24.0. The van der Waals surface area contributed by atoms with Crippen LogP contribution in [0.3, 0.4) is 0 Å². The van der Waals surface area contributed by atoms with Gasteiger partial charge in [-0.05, 0) is 36.5 Å². The van der Waals surface area contributed by atoms with Crippen LogP contribution in [0.25, 0.3) is 0 Å². The van der Waals surface area contributed by atoms with Gasteiger partial charge < -0.3 is 14.4 Å². The molecule has 0 saturated carbocycles. The van der Waals surface area contributed by atoms with Gasteiger partial charge in [-0.2, -0.15) is 0 Å². The molecular formula is C26H40N2O2Si. The molecule has 0 aromatic heterocycles. The van der Waals surface area contributed by atoms with Crippen molar-refractivity contribution in [2.45, 2.75) is 39.3 Å². The van der Waals surface area contributed by atoms with Crippen LogP contribution < -0.4 is 9.92 Å². The van der Waals surface area contributed by atoms with Crippen LogP contribution in [0.4, 0.5) is 0 Å². The lowest BCUT2D eigenvalue weighted by Crippen LogP contribution is -2.39. The number of morpholine rings is 1. The van der Waals surface area contributed by atoms with Crippen molar-refractivity contribution in [3.05, 3.63) is 60.2 Å². The first-order valence-corrected chi connectivity index (χ1v) is 12.9. The predicted molar refractivity (Wildman–Crippen MR) is 133 cm³/mol. The number of ether oxygens (including phenoxy) is 2. The number of benzene rings is 2. The Morgan fingerprint density at radius 1 is 0.903 bits per heavy atom. The van der Waals surface area contributed by atoms with Crippen molar-refractivity contribution in [2.24, 2.45) is 5.92 Å². The summed E-state index contributed by atoms with van der Waals surface area (Å²) in [7, 11) is 1.17.